The quantitative estimate of drug-likeness (QED) is 0.685. The first kappa shape index (κ1) is 11.1. The maximum atomic E-state index is 11.4. The van der Waals surface area contributed by atoms with Crippen molar-refractivity contribution in [2.24, 2.45) is 0 Å². The standard InChI is InChI=1S/C11H19NO2S/c1-9-4-3-5-10(2)12(9)11-6-7-15(13,14)8-11/h6-7,9-11H,3-5,8H2,1-2H3. The fraction of sp³-hybridized carbons (Fsp3) is 0.818. The molecule has 0 aromatic carbocycles. The minimum absolute atomic E-state index is 0.111. The Labute approximate surface area is 92.1 Å². The van der Waals surface area contributed by atoms with Crippen molar-refractivity contribution in [2.45, 2.75) is 51.2 Å². The molecule has 0 spiro atoms. The third kappa shape index (κ3) is 2.26. The molecule has 4 heteroatoms. The van der Waals surface area contributed by atoms with E-state index in [1.165, 1.54) is 24.7 Å². The van der Waals surface area contributed by atoms with Crippen molar-refractivity contribution in [3.8, 4) is 0 Å². The zero-order chi connectivity index (χ0) is 11.1. The Morgan fingerprint density at radius 3 is 2.27 bits per heavy atom. The molecule has 0 aromatic rings. The molecule has 1 fully saturated rings. The molecule has 0 aromatic heterocycles. The molecule has 86 valence electrons. The van der Waals surface area contributed by atoms with Gasteiger partial charge >= 0.3 is 0 Å². The van der Waals surface area contributed by atoms with E-state index in [9.17, 15) is 8.42 Å². The van der Waals surface area contributed by atoms with Gasteiger partial charge in [0.1, 0.15) is 0 Å². The largest absolute Gasteiger partial charge is 0.291 e. The number of piperidine rings is 1. The summed E-state index contributed by atoms with van der Waals surface area (Å²) in [6, 6.07) is 1.13. The highest BCUT2D eigenvalue weighted by atomic mass is 32.2. The molecule has 3 nitrogen and oxygen atoms in total. The second kappa shape index (κ2) is 3.91. The smallest absolute Gasteiger partial charge is 0.173 e. The molecule has 3 unspecified atom stereocenters. The lowest BCUT2D eigenvalue weighted by Crippen LogP contribution is -2.50. The van der Waals surface area contributed by atoms with Gasteiger partial charge in [-0.1, -0.05) is 12.5 Å². The van der Waals surface area contributed by atoms with Gasteiger partial charge in [0, 0.05) is 23.5 Å². The Kier molecular flexibility index (Phi) is 2.90. The van der Waals surface area contributed by atoms with Crippen LogP contribution in [-0.2, 0) is 9.84 Å². The van der Waals surface area contributed by atoms with Gasteiger partial charge in [-0.3, -0.25) is 4.90 Å². The van der Waals surface area contributed by atoms with Gasteiger partial charge in [-0.2, -0.15) is 0 Å². The summed E-state index contributed by atoms with van der Waals surface area (Å²) in [6.45, 7) is 4.41. The predicted octanol–water partition coefficient (Wildman–Crippen LogP) is 1.56. The molecule has 2 aliphatic rings. The maximum absolute atomic E-state index is 11.4. The molecule has 1 saturated heterocycles. The van der Waals surface area contributed by atoms with E-state index in [1.807, 2.05) is 6.08 Å². The lowest BCUT2D eigenvalue weighted by atomic mass is 9.95. The summed E-state index contributed by atoms with van der Waals surface area (Å²) in [5.41, 5.74) is 0. The van der Waals surface area contributed by atoms with E-state index >= 15 is 0 Å². The molecule has 0 amide bonds. The molecule has 2 aliphatic heterocycles. The third-order valence-electron chi connectivity index (χ3n) is 3.56. The van der Waals surface area contributed by atoms with Gasteiger partial charge in [0.25, 0.3) is 0 Å². The molecular formula is C11H19NO2S. The van der Waals surface area contributed by atoms with Crippen LogP contribution in [0, 0.1) is 0 Å². The van der Waals surface area contributed by atoms with Crippen molar-refractivity contribution in [1.82, 2.24) is 4.90 Å². The Hall–Kier alpha value is -0.350. The minimum Gasteiger partial charge on any atom is -0.291 e. The Morgan fingerprint density at radius 1 is 1.20 bits per heavy atom. The number of hydrogen-bond donors (Lipinski definition) is 0. The van der Waals surface area contributed by atoms with Crippen LogP contribution in [0.4, 0.5) is 0 Å². The number of rotatable bonds is 1. The average Bonchev–Trinajstić information content (AvgIpc) is 2.46. The first-order chi connectivity index (χ1) is 6.99. The van der Waals surface area contributed by atoms with Crippen LogP contribution >= 0.6 is 0 Å². The van der Waals surface area contributed by atoms with Crippen LogP contribution in [0.25, 0.3) is 0 Å². The van der Waals surface area contributed by atoms with Gasteiger partial charge < -0.3 is 0 Å². The highest BCUT2D eigenvalue weighted by Gasteiger charge is 2.34. The number of hydrogen-bond acceptors (Lipinski definition) is 3. The van der Waals surface area contributed by atoms with Crippen molar-refractivity contribution < 1.29 is 8.42 Å². The Morgan fingerprint density at radius 2 is 1.80 bits per heavy atom. The summed E-state index contributed by atoms with van der Waals surface area (Å²) in [7, 11) is -2.91. The van der Waals surface area contributed by atoms with Gasteiger partial charge in [0.15, 0.2) is 9.84 Å². The summed E-state index contributed by atoms with van der Waals surface area (Å²) in [5.74, 6) is 0.279. The summed E-state index contributed by atoms with van der Waals surface area (Å²) < 4.78 is 22.8. The van der Waals surface area contributed by atoms with Crippen LogP contribution in [0.1, 0.15) is 33.1 Å². The van der Waals surface area contributed by atoms with E-state index in [4.69, 9.17) is 0 Å². The molecule has 15 heavy (non-hydrogen) atoms. The van der Waals surface area contributed by atoms with Crippen LogP contribution in [0.15, 0.2) is 11.5 Å². The monoisotopic (exact) mass is 229 g/mol. The van der Waals surface area contributed by atoms with Crippen LogP contribution in [-0.4, -0.2) is 37.2 Å². The molecule has 2 heterocycles. The molecular weight excluding hydrogens is 210 g/mol. The summed E-state index contributed by atoms with van der Waals surface area (Å²) in [4.78, 5) is 2.37. The van der Waals surface area contributed by atoms with Crippen LogP contribution in [0.2, 0.25) is 0 Å². The first-order valence-electron chi connectivity index (χ1n) is 5.68. The van der Waals surface area contributed by atoms with E-state index in [-0.39, 0.29) is 11.8 Å². The van der Waals surface area contributed by atoms with Crippen molar-refractivity contribution in [3.63, 3.8) is 0 Å². The third-order valence-corrected chi connectivity index (χ3v) is 4.93. The lowest BCUT2D eigenvalue weighted by molar-refractivity contribution is 0.0840. The van der Waals surface area contributed by atoms with Crippen molar-refractivity contribution in [2.75, 3.05) is 5.75 Å². The Bertz CT molecular complexity index is 351. The molecule has 0 N–H and O–H groups in total. The van der Waals surface area contributed by atoms with Gasteiger partial charge in [0.2, 0.25) is 0 Å². The zero-order valence-corrected chi connectivity index (χ0v) is 10.2. The number of likely N-dealkylation sites (tertiary alicyclic amines) is 1. The SMILES string of the molecule is CC1CCCC(C)N1C1C=CS(=O)(=O)C1. The van der Waals surface area contributed by atoms with E-state index in [0.29, 0.717) is 12.1 Å². The molecule has 0 aliphatic carbocycles. The topological polar surface area (TPSA) is 37.4 Å². The molecule has 2 rings (SSSR count). The van der Waals surface area contributed by atoms with E-state index in [0.717, 1.165) is 0 Å². The van der Waals surface area contributed by atoms with Crippen molar-refractivity contribution in [1.29, 1.82) is 0 Å². The van der Waals surface area contributed by atoms with Gasteiger partial charge in [-0.05, 0) is 26.7 Å². The fourth-order valence-electron chi connectivity index (χ4n) is 2.84. The Balaban J connectivity index is 2.13. The number of nitrogens with zero attached hydrogens (tertiary/aromatic N) is 1. The normalized spacial score (nSPS) is 40.8. The fourth-order valence-corrected chi connectivity index (χ4v) is 4.13. The van der Waals surface area contributed by atoms with Crippen LogP contribution in [0.3, 0.4) is 0 Å². The number of sulfone groups is 1. The first-order valence-corrected chi connectivity index (χ1v) is 7.39. The molecule has 0 saturated carbocycles. The van der Waals surface area contributed by atoms with E-state index in [2.05, 4.69) is 18.7 Å². The molecule has 3 atom stereocenters. The van der Waals surface area contributed by atoms with Gasteiger partial charge in [0.05, 0.1) is 5.75 Å². The second-order valence-electron chi connectivity index (χ2n) is 4.80. The van der Waals surface area contributed by atoms with Gasteiger partial charge in [-0.25, -0.2) is 8.42 Å². The zero-order valence-electron chi connectivity index (χ0n) is 9.39. The van der Waals surface area contributed by atoms with Crippen molar-refractivity contribution in [3.05, 3.63) is 11.5 Å². The van der Waals surface area contributed by atoms with Crippen LogP contribution in [0.5, 0.6) is 0 Å². The van der Waals surface area contributed by atoms with Gasteiger partial charge in [-0.15, -0.1) is 0 Å². The second-order valence-corrected chi connectivity index (χ2v) is 6.73. The highest BCUT2D eigenvalue weighted by molar-refractivity contribution is 7.94. The van der Waals surface area contributed by atoms with Crippen molar-refractivity contribution >= 4 is 9.84 Å². The average molecular weight is 229 g/mol. The lowest BCUT2D eigenvalue weighted by Gasteiger charge is -2.42. The molecule has 0 radical (unpaired) electrons. The summed E-state index contributed by atoms with van der Waals surface area (Å²) in [5, 5.41) is 1.38. The highest BCUT2D eigenvalue weighted by Crippen LogP contribution is 2.28. The minimum atomic E-state index is -2.91. The molecule has 0 bridgehead atoms. The predicted molar refractivity (Wildman–Crippen MR) is 61.3 cm³/mol. The van der Waals surface area contributed by atoms with Crippen LogP contribution < -0.4 is 0 Å². The summed E-state index contributed by atoms with van der Waals surface area (Å²) in [6.07, 6.45) is 5.50. The van der Waals surface area contributed by atoms with E-state index in [1.54, 1.807) is 0 Å². The van der Waals surface area contributed by atoms with E-state index < -0.39 is 9.84 Å². The summed E-state index contributed by atoms with van der Waals surface area (Å²) >= 11 is 0. The maximum Gasteiger partial charge on any atom is 0.173 e.